The maximum absolute atomic E-state index is 8.79. The number of rotatable bonds is 8. The molecule has 5 heteroatoms. The summed E-state index contributed by atoms with van der Waals surface area (Å²) in [7, 11) is 3.28. The lowest BCUT2D eigenvalue weighted by molar-refractivity contribution is 0.353. The van der Waals surface area contributed by atoms with Crippen molar-refractivity contribution in [1.29, 1.82) is 5.26 Å². The van der Waals surface area contributed by atoms with Gasteiger partial charge in [0.2, 0.25) is 0 Å². The lowest BCUT2D eigenvalue weighted by Gasteiger charge is -2.17. The van der Waals surface area contributed by atoms with Gasteiger partial charge in [0.25, 0.3) is 0 Å². The van der Waals surface area contributed by atoms with E-state index in [2.05, 4.69) is 18.3 Å². The van der Waals surface area contributed by atoms with Gasteiger partial charge in [0.05, 0.1) is 26.7 Å². The molecular formula is C15H22N2O2S. The van der Waals surface area contributed by atoms with Crippen molar-refractivity contribution in [3.8, 4) is 17.6 Å². The summed E-state index contributed by atoms with van der Waals surface area (Å²) in [5, 5.41) is 12.2. The number of methoxy groups -OCH3 is 2. The molecule has 0 aliphatic carbocycles. The van der Waals surface area contributed by atoms with E-state index in [0.29, 0.717) is 6.42 Å². The number of nitrogens with one attached hydrogen (secondary N) is 1. The molecule has 1 N–H and O–H groups in total. The minimum Gasteiger partial charge on any atom is -0.493 e. The molecule has 1 atom stereocenters. The van der Waals surface area contributed by atoms with Gasteiger partial charge in [-0.15, -0.1) is 11.8 Å². The van der Waals surface area contributed by atoms with Crippen molar-refractivity contribution in [2.24, 2.45) is 0 Å². The first-order valence-corrected chi connectivity index (χ1v) is 7.81. The number of nitriles is 1. The molecule has 0 aromatic heterocycles. The van der Waals surface area contributed by atoms with Crippen LogP contribution in [-0.4, -0.2) is 26.5 Å². The van der Waals surface area contributed by atoms with Gasteiger partial charge in [0, 0.05) is 17.5 Å². The van der Waals surface area contributed by atoms with E-state index in [4.69, 9.17) is 14.7 Å². The first-order valence-electron chi connectivity index (χ1n) is 6.59. The van der Waals surface area contributed by atoms with Crippen LogP contribution in [0.25, 0.3) is 0 Å². The van der Waals surface area contributed by atoms with Gasteiger partial charge in [0.15, 0.2) is 11.5 Å². The Balaban J connectivity index is 2.90. The van der Waals surface area contributed by atoms with Crippen LogP contribution in [0.15, 0.2) is 17.0 Å². The first-order chi connectivity index (χ1) is 9.69. The van der Waals surface area contributed by atoms with Crippen LogP contribution in [0.1, 0.15) is 25.3 Å². The summed E-state index contributed by atoms with van der Waals surface area (Å²) < 4.78 is 10.7. The van der Waals surface area contributed by atoms with Crippen LogP contribution in [-0.2, 0) is 6.54 Å². The summed E-state index contributed by atoms with van der Waals surface area (Å²) in [6.45, 7) is 2.80. The van der Waals surface area contributed by atoms with Gasteiger partial charge in [-0.1, -0.05) is 6.92 Å². The fourth-order valence-electron chi connectivity index (χ4n) is 1.96. The van der Waals surface area contributed by atoms with E-state index < -0.39 is 0 Å². The summed E-state index contributed by atoms with van der Waals surface area (Å²) in [5.74, 6) is 1.47. The molecule has 0 bridgehead atoms. The maximum Gasteiger partial charge on any atom is 0.161 e. The van der Waals surface area contributed by atoms with E-state index in [1.54, 1.807) is 26.0 Å². The number of benzene rings is 1. The molecule has 0 saturated heterocycles. The molecule has 20 heavy (non-hydrogen) atoms. The van der Waals surface area contributed by atoms with E-state index in [1.165, 1.54) is 0 Å². The number of nitrogens with zero attached hydrogens (tertiary/aromatic N) is 1. The molecule has 110 valence electrons. The maximum atomic E-state index is 8.79. The Labute approximate surface area is 125 Å². The van der Waals surface area contributed by atoms with E-state index in [0.717, 1.165) is 34.9 Å². The number of hydrogen-bond acceptors (Lipinski definition) is 5. The molecule has 1 aromatic carbocycles. The predicted molar refractivity (Wildman–Crippen MR) is 82.5 cm³/mol. The summed E-state index contributed by atoms with van der Waals surface area (Å²) in [4.78, 5) is 1.15. The van der Waals surface area contributed by atoms with Crippen LogP contribution in [0, 0.1) is 11.3 Å². The summed E-state index contributed by atoms with van der Waals surface area (Å²) in [6, 6.07) is 6.43. The van der Waals surface area contributed by atoms with Crippen LogP contribution in [0.3, 0.4) is 0 Å². The molecule has 4 nitrogen and oxygen atoms in total. The molecule has 0 amide bonds. The normalized spacial score (nSPS) is 11.8. The Morgan fingerprint density at radius 1 is 1.30 bits per heavy atom. The molecular weight excluding hydrogens is 272 g/mol. The van der Waals surface area contributed by atoms with Crippen LogP contribution >= 0.6 is 11.8 Å². The Morgan fingerprint density at radius 3 is 2.45 bits per heavy atom. The van der Waals surface area contributed by atoms with Crippen LogP contribution < -0.4 is 14.8 Å². The third-order valence-corrected chi connectivity index (χ3v) is 4.02. The zero-order valence-electron chi connectivity index (χ0n) is 12.5. The number of thioether (sulfide) groups is 1. The second-order valence-corrected chi connectivity index (χ2v) is 5.22. The largest absolute Gasteiger partial charge is 0.493 e. The summed E-state index contributed by atoms with van der Waals surface area (Å²) in [6.07, 6.45) is 3.51. The van der Waals surface area contributed by atoms with Gasteiger partial charge in [-0.05, 0) is 30.4 Å². The van der Waals surface area contributed by atoms with E-state index >= 15 is 0 Å². The topological polar surface area (TPSA) is 54.3 Å². The first kappa shape index (κ1) is 16.7. The predicted octanol–water partition coefficient (Wildman–Crippen LogP) is 3.21. The summed E-state index contributed by atoms with van der Waals surface area (Å²) in [5.41, 5.74) is 1.16. The van der Waals surface area contributed by atoms with Crippen molar-refractivity contribution < 1.29 is 9.47 Å². The Bertz CT molecular complexity index is 472. The fourth-order valence-corrected chi connectivity index (χ4v) is 2.57. The minimum atomic E-state index is 0.225. The van der Waals surface area contributed by atoms with E-state index in [9.17, 15) is 0 Å². The van der Waals surface area contributed by atoms with Gasteiger partial charge in [-0.2, -0.15) is 5.26 Å². The van der Waals surface area contributed by atoms with Gasteiger partial charge in [-0.25, -0.2) is 0 Å². The highest BCUT2D eigenvalue weighted by Gasteiger charge is 2.12. The Kier molecular flexibility index (Phi) is 7.27. The molecule has 0 spiro atoms. The monoisotopic (exact) mass is 294 g/mol. The molecule has 0 fully saturated rings. The van der Waals surface area contributed by atoms with E-state index in [1.807, 2.05) is 18.4 Å². The molecule has 0 heterocycles. The van der Waals surface area contributed by atoms with Crippen molar-refractivity contribution in [2.75, 3.05) is 20.5 Å². The molecule has 0 aliphatic heterocycles. The van der Waals surface area contributed by atoms with Crippen molar-refractivity contribution in [3.63, 3.8) is 0 Å². The Hall–Kier alpha value is -1.38. The zero-order valence-corrected chi connectivity index (χ0v) is 13.3. The zero-order chi connectivity index (χ0) is 15.0. The van der Waals surface area contributed by atoms with Gasteiger partial charge >= 0.3 is 0 Å². The highest BCUT2D eigenvalue weighted by atomic mass is 32.2. The number of hydrogen-bond donors (Lipinski definition) is 1. The SMILES string of the molecule is CCC(CC#N)NCc1cc(OC)c(OC)cc1SC. The lowest BCUT2D eigenvalue weighted by Crippen LogP contribution is -2.27. The second kappa shape index (κ2) is 8.72. The summed E-state index contributed by atoms with van der Waals surface area (Å²) >= 11 is 1.68. The van der Waals surface area contributed by atoms with Gasteiger partial charge in [0.1, 0.15) is 0 Å². The minimum absolute atomic E-state index is 0.225. The third kappa shape index (κ3) is 4.32. The average molecular weight is 294 g/mol. The standard InChI is InChI=1S/C15H22N2O2S/c1-5-12(6-7-16)17-10-11-8-13(18-2)14(19-3)9-15(11)20-4/h8-9,12,17H,5-6,10H2,1-4H3. The van der Waals surface area contributed by atoms with Crippen LogP contribution in [0.5, 0.6) is 11.5 Å². The molecule has 0 aliphatic rings. The van der Waals surface area contributed by atoms with Crippen LogP contribution in [0.4, 0.5) is 0 Å². The quantitative estimate of drug-likeness (QED) is 0.746. The lowest BCUT2D eigenvalue weighted by atomic mass is 10.1. The smallest absolute Gasteiger partial charge is 0.161 e. The fraction of sp³-hybridized carbons (Fsp3) is 0.533. The molecule has 0 saturated carbocycles. The van der Waals surface area contributed by atoms with E-state index in [-0.39, 0.29) is 6.04 Å². The molecule has 1 rings (SSSR count). The molecule has 0 radical (unpaired) electrons. The molecule has 1 aromatic rings. The van der Waals surface area contributed by atoms with Crippen molar-refractivity contribution in [3.05, 3.63) is 17.7 Å². The van der Waals surface area contributed by atoms with Crippen LogP contribution in [0.2, 0.25) is 0 Å². The average Bonchev–Trinajstić information content (AvgIpc) is 2.50. The van der Waals surface area contributed by atoms with Crippen molar-refractivity contribution >= 4 is 11.8 Å². The highest BCUT2D eigenvalue weighted by molar-refractivity contribution is 7.98. The van der Waals surface area contributed by atoms with Crippen molar-refractivity contribution in [1.82, 2.24) is 5.32 Å². The van der Waals surface area contributed by atoms with Gasteiger partial charge < -0.3 is 14.8 Å². The third-order valence-electron chi connectivity index (χ3n) is 3.20. The van der Waals surface area contributed by atoms with Crippen molar-refractivity contribution in [2.45, 2.75) is 37.2 Å². The number of ether oxygens (including phenoxy) is 2. The second-order valence-electron chi connectivity index (χ2n) is 4.37. The van der Waals surface area contributed by atoms with Gasteiger partial charge in [-0.3, -0.25) is 0 Å². The highest BCUT2D eigenvalue weighted by Crippen LogP contribution is 2.34. The Morgan fingerprint density at radius 2 is 1.95 bits per heavy atom. The molecule has 1 unspecified atom stereocenters.